The monoisotopic (exact) mass is 302 g/mol. The van der Waals surface area contributed by atoms with Crippen LogP contribution >= 0.6 is 0 Å². The minimum Gasteiger partial charge on any atom is -0.344 e. The SMILES string of the molecule is CC1CCCC(C)N1C(=O)C(=O)NC1CCS(=O)(=O)C1. The van der Waals surface area contributed by atoms with Gasteiger partial charge in [0.1, 0.15) is 0 Å². The Labute approximate surface area is 119 Å². The molecule has 20 heavy (non-hydrogen) atoms. The third-order valence-electron chi connectivity index (χ3n) is 4.19. The number of carbonyl (C=O) groups is 2. The van der Waals surface area contributed by atoms with Gasteiger partial charge in [0.05, 0.1) is 11.5 Å². The van der Waals surface area contributed by atoms with Crippen molar-refractivity contribution in [3.8, 4) is 0 Å². The van der Waals surface area contributed by atoms with Crippen LogP contribution in [0.3, 0.4) is 0 Å². The maximum atomic E-state index is 12.2. The van der Waals surface area contributed by atoms with Crippen LogP contribution in [-0.2, 0) is 19.4 Å². The van der Waals surface area contributed by atoms with Gasteiger partial charge in [-0.05, 0) is 39.5 Å². The van der Waals surface area contributed by atoms with Crippen molar-refractivity contribution in [3.05, 3.63) is 0 Å². The van der Waals surface area contributed by atoms with Gasteiger partial charge >= 0.3 is 11.8 Å². The van der Waals surface area contributed by atoms with E-state index >= 15 is 0 Å². The quantitative estimate of drug-likeness (QED) is 0.695. The van der Waals surface area contributed by atoms with Crippen molar-refractivity contribution in [2.24, 2.45) is 0 Å². The molecular formula is C13H22N2O4S. The Hall–Kier alpha value is -1.11. The van der Waals surface area contributed by atoms with Crippen LogP contribution in [0.25, 0.3) is 0 Å². The number of carbonyl (C=O) groups excluding carboxylic acids is 2. The molecule has 2 amide bonds. The summed E-state index contributed by atoms with van der Waals surface area (Å²) in [5.41, 5.74) is 0. The number of amides is 2. The van der Waals surface area contributed by atoms with E-state index in [2.05, 4.69) is 5.32 Å². The molecule has 3 unspecified atom stereocenters. The second-order valence-corrected chi connectivity index (χ2v) is 8.14. The highest BCUT2D eigenvalue weighted by atomic mass is 32.2. The molecule has 1 N–H and O–H groups in total. The average molecular weight is 302 g/mol. The van der Waals surface area contributed by atoms with E-state index in [1.165, 1.54) is 0 Å². The molecule has 0 aromatic carbocycles. The highest BCUT2D eigenvalue weighted by molar-refractivity contribution is 7.91. The molecule has 2 aliphatic rings. The zero-order valence-corrected chi connectivity index (χ0v) is 12.8. The number of hydrogen-bond donors (Lipinski definition) is 1. The Kier molecular flexibility index (Phi) is 4.36. The molecule has 2 saturated heterocycles. The second-order valence-electron chi connectivity index (χ2n) is 5.91. The smallest absolute Gasteiger partial charge is 0.312 e. The van der Waals surface area contributed by atoms with Crippen LogP contribution in [0.5, 0.6) is 0 Å². The lowest BCUT2D eigenvalue weighted by molar-refractivity contribution is -0.150. The van der Waals surface area contributed by atoms with Crippen molar-refractivity contribution >= 4 is 21.7 Å². The van der Waals surface area contributed by atoms with Gasteiger partial charge < -0.3 is 10.2 Å². The minimum absolute atomic E-state index is 0.0584. The summed E-state index contributed by atoms with van der Waals surface area (Å²) in [5, 5.41) is 2.56. The number of likely N-dealkylation sites (tertiary alicyclic amines) is 1. The highest BCUT2D eigenvalue weighted by Crippen LogP contribution is 2.22. The Morgan fingerprint density at radius 1 is 1.10 bits per heavy atom. The van der Waals surface area contributed by atoms with E-state index in [9.17, 15) is 18.0 Å². The molecule has 2 heterocycles. The molecule has 114 valence electrons. The van der Waals surface area contributed by atoms with Gasteiger partial charge in [0.2, 0.25) is 0 Å². The molecule has 7 heteroatoms. The standard InChI is InChI=1S/C13H22N2O4S/c1-9-4-3-5-10(2)15(9)13(17)12(16)14-11-6-7-20(18,19)8-11/h9-11H,3-8H2,1-2H3,(H,14,16). The van der Waals surface area contributed by atoms with Gasteiger partial charge in [-0.2, -0.15) is 0 Å². The van der Waals surface area contributed by atoms with Gasteiger partial charge in [-0.3, -0.25) is 9.59 Å². The molecule has 6 nitrogen and oxygen atoms in total. The maximum Gasteiger partial charge on any atom is 0.312 e. The molecule has 0 bridgehead atoms. The van der Waals surface area contributed by atoms with Crippen molar-refractivity contribution in [1.82, 2.24) is 10.2 Å². The molecular weight excluding hydrogens is 280 g/mol. The van der Waals surface area contributed by atoms with Crippen molar-refractivity contribution in [1.29, 1.82) is 0 Å². The number of piperidine rings is 1. The zero-order valence-electron chi connectivity index (χ0n) is 12.0. The van der Waals surface area contributed by atoms with Gasteiger partial charge in [0, 0.05) is 18.1 Å². The van der Waals surface area contributed by atoms with E-state index in [1.807, 2.05) is 13.8 Å². The van der Waals surface area contributed by atoms with Crippen molar-refractivity contribution in [3.63, 3.8) is 0 Å². The lowest BCUT2D eigenvalue weighted by atomic mass is 9.97. The molecule has 2 fully saturated rings. The molecule has 2 rings (SSSR count). The first-order valence-corrected chi connectivity index (χ1v) is 8.96. The molecule has 0 saturated carbocycles. The first kappa shape index (κ1) is 15.3. The van der Waals surface area contributed by atoms with Crippen LogP contribution < -0.4 is 5.32 Å². The predicted octanol–water partition coefficient (Wildman–Crippen LogP) is 0.0792. The Morgan fingerprint density at radius 2 is 1.70 bits per heavy atom. The van der Waals surface area contributed by atoms with Crippen molar-refractivity contribution in [2.45, 2.75) is 57.7 Å². The number of sulfone groups is 1. The number of hydrogen-bond acceptors (Lipinski definition) is 4. The van der Waals surface area contributed by atoms with E-state index < -0.39 is 27.7 Å². The Morgan fingerprint density at radius 3 is 2.20 bits per heavy atom. The summed E-state index contributed by atoms with van der Waals surface area (Å²) in [6, 6.07) is -0.305. The topological polar surface area (TPSA) is 83.6 Å². The summed E-state index contributed by atoms with van der Waals surface area (Å²) in [4.78, 5) is 25.9. The highest BCUT2D eigenvalue weighted by Gasteiger charge is 2.35. The van der Waals surface area contributed by atoms with Gasteiger partial charge in [0.15, 0.2) is 9.84 Å². The molecule has 0 aromatic heterocycles. The Bertz CT molecular complexity index is 493. The number of rotatable bonds is 1. The van der Waals surface area contributed by atoms with Crippen LogP contribution in [-0.4, -0.2) is 54.8 Å². The molecule has 2 aliphatic heterocycles. The summed E-state index contributed by atoms with van der Waals surface area (Å²) in [6.07, 6.45) is 3.27. The molecule has 3 atom stereocenters. The minimum atomic E-state index is -3.05. The van der Waals surface area contributed by atoms with Gasteiger partial charge in [-0.25, -0.2) is 8.42 Å². The van der Waals surface area contributed by atoms with E-state index in [1.54, 1.807) is 4.90 Å². The third-order valence-corrected chi connectivity index (χ3v) is 5.96. The first-order chi connectivity index (χ1) is 9.30. The van der Waals surface area contributed by atoms with Crippen LogP contribution in [0.1, 0.15) is 39.5 Å². The van der Waals surface area contributed by atoms with Crippen LogP contribution in [0.2, 0.25) is 0 Å². The summed E-state index contributed by atoms with van der Waals surface area (Å²) in [7, 11) is -3.05. The molecule has 0 aromatic rings. The van der Waals surface area contributed by atoms with E-state index in [4.69, 9.17) is 0 Å². The lowest BCUT2D eigenvalue weighted by Gasteiger charge is -2.38. The van der Waals surface area contributed by atoms with Crippen LogP contribution in [0.15, 0.2) is 0 Å². The van der Waals surface area contributed by atoms with Gasteiger partial charge in [-0.1, -0.05) is 0 Å². The van der Waals surface area contributed by atoms with E-state index in [0.29, 0.717) is 6.42 Å². The van der Waals surface area contributed by atoms with Gasteiger partial charge in [-0.15, -0.1) is 0 Å². The second kappa shape index (κ2) is 5.71. The normalized spacial score (nSPS) is 32.9. The fraction of sp³-hybridized carbons (Fsp3) is 0.846. The van der Waals surface area contributed by atoms with E-state index in [-0.39, 0.29) is 23.6 Å². The largest absolute Gasteiger partial charge is 0.344 e. The lowest BCUT2D eigenvalue weighted by Crippen LogP contribution is -2.54. The molecule has 0 spiro atoms. The number of nitrogens with zero attached hydrogens (tertiary/aromatic N) is 1. The van der Waals surface area contributed by atoms with Crippen LogP contribution in [0, 0.1) is 0 Å². The average Bonchev–Trinajstić information content (AvgIpc) is 2.68. The fourth-order valence-corrected chi connectivity index (χ4v) is 4.77. The maximum absolute atomic E-state index is 12.2. The molecule has 0 radical (unpaired) electrons. The summed E-state index contributed by atoms with van der Waals surface area (Å²) >= 11 is 0. The fourth-order valence-electron chi connectivity index (χ4n) is 3.09. The number of nitrogens with one attached hydrogen (secondary N) is 1. The van der Waals surface area contributed by atoms with Crippen LogP contribution in [0.4, 0.5) is 0 Å². The van der Waals surface area contributed by atoms with Gasteiger partial charge in [0.25, 0.3) is 0 Å². The zero-order chi connectivity index (χ0) is 14.9. The third kappa shape index (κ3) is 3.31. The van der Waals surface area contributed by atoms with E-state index in [0.717, 1.165) is 19.3 Å². The van der Waals surface area contributed by atoms with Crippen molar-refractivity contribution < 1.29 is 18.0 Å². The summed E-state index contributed by atoms with van der Waals surface area (Å²) < 4.78 is 22.7. The van der Waals surface area contributed by atoms with Crippen molar-refractivity contribution in [2.75, 3.05) is 11.5 Å². The summed E-state index contributed by atoms with van der Waals surface area (Å²) in [5.74, 6) is -1.18. The predicted molar refractivity (Wildman–Crippen MR) is 74.8 cm³/mol. The first-order valence-electron chi connectivity index (χ1n) is 7.14. The molecule has 0 aliphatic carbocycles. The Balaban J connectivity index is 1.96. The summed E-state index contributed by atoms with van der Waals surface area (Å²) in [6.45, 7) is 3.89.